The Balaban J connectivity index is 1.59. The summed E-state index contributed by atoms with van der Waals surface area (Å²) in [4.78, 5) is 8.65. The Bertz CT molecular complexity index is 603. The van der Waals surface area contributed by atoms with Gasteiger partial charge in [-0.3, -0.25) is 5.10 Å². The number of halogens is 1. The van der Waals surface area contributed by atoms with E-state index in [1.165, 1.54) is 6.33 Å². The zero-order valence-corrected chi connectivity index (χ0v) is 13.3. The summed E-state index contributed by atoms with van der Waals surface area (Å²) in [5, 5.41) is 20.3. The number of nitrogens with one attached hydrogen (secondary N) is 2. The molecular weight excluding hydrogens is 334 g/mol. The van der Waals surface area contributed by atoms with Gasteiger partial charge in [-0.1, -0.05) is 0 Å². The van der Waals surface area contributed by atoms with Gasteiger partial charge in [0.2, 0.25) is 0 Å². The van der Waals surface area contributed by atoms with Gasteiger partial charge in [0.1, 0.15) is 18.0 Å². The van der Waals surface area contributed by atoms with Crippen molar-refractivity contribution in [2.75, 3.05) is 11.9 Å². The molecule has 0 amide bonds. The van der Waals surface area contributed by atoms with Crippen LogP contribution in [0, 0.1) is 12.8 Å². The molecule has 0 aromatic carbocycles. The normalized spacial score (nSPS) is 25.2. The lowest BCUT2D eigenvalue weighted by Gasteiger charge is -2.15. The molecule has 2 aromatic rings. The van der Waals surface area contributed by atoms with E-state index in [1.807, 2.05) is 19.1 Å². The average Bonchev–Trinajstić information content (AvgIpc) is 3.10. The van der Waals surface area contributed by atoms with Gasteiger partial charge >= 0.3 is 0 Å². The topological polar surface area (TPSA) is 86.7 Å². The molecule has 0 radical (unpaired) electrons. The number of aryl methyl sites for hydroxylation is 1. The number of anilines is 1. The summed E-state index contributed by atoms with van der Waals surface area (Å²) in [6.45, 7) is 2.67. The van der Waals surface area contributed by atoms with Crippen LogP contribution >= 0.6 is 15.9 Å². The third-order valence-electron chi connectivity index (χ3n) is 4.04. The summed E-state index contributed by atoms with van der Waals surface area (Å²) >= 11 is 3.44. The van der Waals surface area contributed by atoms with Crippen LogP contribution in [0.1, 0.15) is 30.3 Å². The highest BCUT2D eigenvalue weighted by Gasteiger charge is 2.35. The summed E-state index contributed by atoms with van der Waals surface area (Å²) in [6, 6.07) is 3.92. The predicted molar refractivity (Wildman–Crippen MR) is 83.0 cm³/mol. The molecule has 112 valence electrons. The van der Waals surface area contributed by atoms with Gasteiger partial charge in [-0.2, -0.15) is 5.10 Å². The van der Waals surface area contributed by atoms with Crippen LogP contribution < -0.4 is 5.32 Å². The van der Waals surface area contributed by atoms with Crippen LogP contribution in [0.3, 0.4) is 0 Å². The first-order chi connectivity index (χ1) is 10.1. The van der Waals surface area contributed by atoms with E-state index >= 15 is 0 Å². The zero-order chi connectivity index (χ0) is 14.8. The number of aromatic amines is 1. The number of H-pyrrole nitrogens is 1. The molecule has 1 aliphatic rings. The van der Waals surface area contributed by atoms with Crippen LogP contribution in [-0.4, -0.2) is 37.9 Å². The fraction of sp³-hybridized carbons (Fsp3) is 0.500. The maximum atomic E-state index is 10.2. The highest BCUT2D eigenvalue weighted by atomic mass is 79.9. The van der Waals surface area contributed by atoms with Crippen LogP contribution in [0.4, 0.5) is 5.82 Å². The highest BCUT2D eigenvalue weighted by Crippen LogP contribution is 2.36. The molecule has 7 heteroatoms. The number of aliphatic hydroxyl groups excluding tert-OH is 1. The fourth-order valence-corrected chi connectivity index (χ4v) is 3.06. The van der Waals surface area contributed by atoms with Crippen LogP contribution in [-0.2, 0) is 0 Å². The summed E-state index contributed by atoms with van der Waals surface area (Å²) < 4.78 is 0.999. The average molecular weight is 352 g/mol. The first-order valence-corrected chi connectivity index (χ1v) is 7.83. The quantitative estimate of drug-likeness (QED) is 0.786. The zero-order valence-electron chi connectivity index (χ0n) is 11.8. The Hall–Kier alpha value is -1.47. The smallest absolute Gasteiger partial charge is 0.137 e. The minimum Gasteiger partial charge on any atom is -0.393 e. The minimum absolute atomic E-state index is 0.200. The molecular formula is C14H18BrN5O. The Labute approximate surface area is 131 Å². The van der Waals surface area contributed by atoms with E-state index in [0.29, 0.717) is 6.54 Å². The van der Waals surface area contributed by atoms with Crippen LogP contribution in [0.5, 0.6) is 0 Å². The molecule has 1 fully saturated rings. The summed E-state index contributed by atoms with van der Waals surface area (Å²) in [5.41, 5.74) is 0.950. The number of hydrogen-bond acceptors (Lipinski definition) is 5. The van der Waals surface area contributed by atoms with Crippen molar-refractivity contribution >= 4 is 21.7 Å². The molecule has 3 atom stereocenters. The van der Waals surface area contributed by atoms with Crippen molar-refractivity contribution in [3.05, 3.63) is 34.5 Å². The number of hydrogen-bond donors (Lipinski definition) is 3. The maximum Gasteiger partial charge on any atom is 0.137 e. The molecule has 1 unspecified atom stereocenters. The second-order valence-electron chi connectivity index (χ2n) is 5.51. The fourth-order valence-electron chi connectivity index (χ4n) is 2.84. The van der Waals surface area contributed by atoms with Crippen LogP contribution in [0.15, 0.2) is 22.9 Å². The monoisotopic (exact) mass is 351 g/mol. The largest absolute Gasteiger partial charge is 0.393 e. The molecule has 1 saturated carbocycles. The highest BCUT2D eigenvalue weighted by molar-refractivity contribution is 9.10. The van der Waals surface area contributed by atoms with Crippen molar-refractivity contribution in [3.63, 3.8) is 0 Å². The third-order valence-corrected chi connectivity index (χ3v) is 4.88. The van der Waals surface area contributed by atoms with Crippen molar-refractivity contribution in [2.45, 2.75) is 31.8 Å². The van der Waals surface area contributed by atoms with E-state index in [0.717, 1.165) is 34.7 Å². The van der Waals surface area contributed by atoms with Gasteiger partial charge < -0.3 is 10.4 Å². The molecule has 3 N–H and O–H groups in total. The Morgan fingerprint density at radius 3 is 3.00 bits per heavy atom. The van der Waals surface area contributed by atoms with E-state index < -0.39 is 0 Å². The van der Waals surface area contributed by atoms with Gasteiger partial charge in [0.05, 0.1) is 11.8 Å². The molecule has 0 spiro atoms. The SMILES string of the molecule is Cc1nc(NC[C@H]2CC(c3ncn[nH]3)C[C@H]2O)ccc1Br. The van der Waals surface area contributed by atoms with Gasteiger partial charge in [-0.05, 0) is 47.8 Å². The summed E-state index contributed by atoms with van der Waals surface area (Å²) in [5.74, 6) is 2.17. The van der Waals surface area contributed by atoms with E-state index in [-0.39, 0.29) is 17.9 Å². The lowest BCUT2D eigenvalue weighted by molar-refractivity contribution is 0.137. The maximum absolute atomic E-state index is 10.2. The second-order valence-corrected chi connectivity index (χ2v) is 6.37. The molecule has 1 aliphatic carbocycles. The number of aromatic nitrogens is 4. The Morgan fingerprint density at radius 1 is 1.43 bits per heavy atom. The molecule has 21 heavy (non-hydrogen) atoms. The molecule has 6 nitrogen and oxygen atoms in total. The summed E-state index contributed by atoms with van der Waals surface area (Å²) in [6.07, 6.45) is 2.83. The Kier molecular flexibility index (Phi) is 4.21. The lowest BCUT2D eigenvalue weighted by atomic mass is 10.0. The van der Waals surface area contributed by atoms with Gasteiger partial charge in [0, 0.05) is 22.9 Å². The van der Waals surface area contributed by atoms with Crippen molar-refractivity contribution in [3.8, 4) is 0 Å². The summed E-state index contributed by atoms with van der Waals surface area (Å²) in [7, 11) is 0. The van der Waals surface area contributed by atoms with Crippen molar-refractivity contribution in [2.24, 2.45) is 5.92 Å². The van der Waals surface area contributed by atoms with Gasteiger partial charge in [-0.25, -0.2) is 9.97 Å². The van der Waals surface area contributed by atoms with Crippen molar-refractivity contribution in [1.29, 1.82) is 0 Å². The Morgan fingerprint density at radius 2 is 2.29 bits per heavy atom. The number of nitrogens with zero attached hydrogens (tertiary/aromatic N) is 3. The number of pyridine rings is 1. The first-order valence-electron chi connectivity index (χ1n) is 7.04. The van der Waals surface area contributed by atoms with Crippen molar-refractivity contribution in [1.82, 2.24) is 20.2 Å². The third kappa shape index (κ3) is 3.24. The van der Waals surface area contributed by atoms with Crippen LogP contribution in [0.2, 0.25) is 0 Å². The second kappa shape index (κ2) is 6.11. The minimum atomic E-state index is -0.316. The lowest BCUT2D eigenvalue weighted by Crippen LogP contribution is -2.22. The van der Waals surface area contributed by atoms with Gasteiger partial charge in [0.25, 0.3) is 0 Å². The molecule has 0 bridgehead atoms. The van der Waals surface area contributed by atoms with Crippen molar-refractivity contribution < 1.29 is 5.11 Å². The van der Waals surface area contributed by atoms with E-state index in [9.17, 15) is 5.11 Å². The van der Waals surface area contributed by atoms with Crippen LogP contribution in [0.25, 0.3) is 0 Å². The van der Waals surface area contributed by atoms with E-state index in [4.69, 9.17) is 0 Å². The molecule has 2 heterocycles. The number of aliphatic hydroxyl groups is 1. The van der Waals surface area contributed by atoms with E-state index in [2.05, 4.69) is 41.4 Å². The number of rotatable bonds is 4. The molecule has 2 aromatic heterocycles. The van der Waals surface area contributed by atoms with Gasteiger partial charge in [-0.15, -0.1) is 0 Å². The standard InChI is InChI=1S/C14H18BrN5O/c1-8-11(15)2-3-13(19-8)16-6-10-4-9(5-12(10)21)14-17-7-18-20-14/h2-3,7,9-10,12,21H,4-6H2,1H3,(H,16,19)(H,17,18,20)/t9?,10-,12-/m1/s1. The predicted octanol–water partition coefficient (Wildman–Crippen LogP) is 2.24. The molecule has 0 aliphatic heterocycles. The molecule has 0 saturated heterocycles. The molecule has 3 rings (SSSR count). The van der Waals surface area contributed by atoms with Gasteiger partial charge in [0.15, 0.2) is 0 Å². The first kappa shape index (κ1) is 14.5. The van der Waals surface area contributed by atoms with E-state index in [1.54, 1.807) is 0 Å².